The molecule has 120 valence electrons. The Bertz CT molecular complexity index is 542. The van der Waals surface area contributed by atoms with Crippen molar-refractivity contribution in [2.45, 2.75) is 63.3 Å². The van der Waals surface area contributed by atoms with Crippen LogP contribution < -0.4 is 4.72 Å². The highest BCUT2D eigenvalue weighted by Crippen LogP contribution is 2.29. The Morgan fingerprint density at radius 2 is 2.00 bits per heavy atom. The minimum absolute atomic E-state index is 0.0225. The zero-order valence-corrected chi connectivity index (χ0v) is 13.4. The molecule has 7 heteroatoms. The molecule has 0 aliphatic heterocycles. The first-order chi connectivity index (χ1) is 9.95. The zero-order valence-electron chi connectivity index (χ0n) is 12.6. The molecule has 1 aromatic heterocycles. The third-order valence-corrected chi connectivity index (χ3v) is 5.94. The summed E-state index contributed by atoms with van der Waals surface area (Å²) in [4.78, 5) is 0.126. The van der Waals surface area contributed by atoms with Crippen LogP contribution in [0, 0.1) is 19.8 Å². The van der Waals surface area contributed by atoms with Crippen molar-refractivity contribution in [2.75, 3.05) is 6.61 Å². The van der Waals surface area contributed by atoms with Crippen molar-refractivity contribution in [3.8, 4) is 0 Å². The highest BCUT2D eigenvalue weighted by atomic mass is 32.2. The van der Waals surface area contributed by atoms with Gasteiger partial charge in [0.2, 0.25) is 10.0 Å². The Morgan fingerprint density at radius 3 is 2.52 bits per heavy atom. The van der Waals surface area contributed by atoms with Gasteiger partial charge in [-0.1, -0.05) is 24.4 Å². The summed E-state index contributed by atoms with van der Waals surface area (Å²) in [6.45, 7) is 3.19. The van der Waals surface area contributed by atoms with Crippen LogP contribution >= 0.6 is 0 Å². The monoisotopic (exact) mass is 316 g/mol. The Kier molecular flexibility index (Phi) is 5.40. The predicted molar refractivity (Wildman–Crippen MR) is 78.4 cm³/mol. The summed E-state index contributed by atoms with van der Waals surface area (Å²) in [5, 5.41) is 12.9. The van der Waals surface area contributed by atoms with E-state index in [0.29, 0.717) is 23.8 Å². The second-order valence-electron chi connectivity index (χ2n) is 5.79. The van der Waals surface area contributed by atoms with Gasteiger partial charge in [-0.3, -0.25) is 0 Å². The van der Waals surface area contributed by atoms with Crippen LogP contribution in [0.1, 0.15) is 50.0 Å². The van der Waals surface area contributed by atoms with Gasteiger partial charge in [-0.15, -0.1) is 0 Å². The van der Waals surface area contributed by atoms with Crippen LogP contribution in [-0.2, 0) is 10.0 Å². The Balaban J connectivity index is 2.19. The standard InChI is InChI=1S/C14H24N2O4S/c1-10-14(11(2)20-15-10)21(18,19)16-13(8-9-17)12-6-4-3-5-7-12/h12-13,16-17H,3-9H2,1-2H3. The van der Waals surface area contributed by atoms with E-state index in [2.05, 4.69) is 9.88 Å². The molecule has 1 unspecified atom stereocenters. The third kappa shape index (κ3) is 3.84. The second kappa shape index (κ2) is 6.89. The first-order valence-electron chi connectivity index (χ1n) is 7.51. The zero-order chi connectivity index (χ0) is 15.5. The number of aliphatic hydroxyl groups excluding tert-OH is 1. The first kappa shape index (κ1) is 16.5. The molecule has 1 aromatic rings. The van der Waals surface area contributed by atoms with Crippen LogP contribution in [0.25, 0.3) is 0 Å². The van der Waals surface area contributed by atoms with Crippen LogP contribution in [0.5, 0.6) is 0 Å². The molecule has 0 bridgehead atoms. The lowest BCUT2D eigenvalue weighted by molar-refractivity contribution is 0.221. The van der Waals surface area contributed by atoms with Gasteiger partial charge in [-0.05, 0) is 39.0 Å². The van der Waals surface area contributed by atoms with E-state index in [1.165, 1.54) is 6.42 Å². The molecule has 21 heavy (non-hydrogen) atoms. The Labute approximate surface area is 126 Å². The van der Waals surface area contributed by atoms with E-state index >= 15 is 0 Å². The van der Waals surface area contributed by atoms with Gasteiger partial charge in [-0.25, -0.2) is 13.1 Å². The van der Waals surface area contributed by atoms with E-state index in [-0.39, 0.29) is 17.5 Å². The highest BCUT2D eigenvalue weighted by Gasteiger charge is 2.31. The van der Waals surface area contributed by atoms with Gasteiger partial charge in [0.1, 0.15) is 10.6 Å². The van der Waals surface area contributed by atoms with Crippen LogP contribution in [0.3, 0.4) is 0 Å². The summed E-state index contributed by atoms with van der Waals surface area (Å²) in [5.74, 6) is 0.590. The van der Waals surface area contributed by atoms with E-state index < -0.39 is 10.0 Å². The molecular formula is C14H24N2O4S. The van der Waals surface area contributed by atoms with Gasteiger partial charge >= 0.3 is 0 Å². The van der Waals surface area contributed by atoms with E-state index in [1.807, 2.05) is 0 Å². The number of sulfonamides is 1. The molecule has 2 N–H and O–H groups in total. The third-order valence-electron chi connectivity index (χ3n) is 4.20. The minimum Gasteiger partial charge on any atom is -0.396 e. The summed E-state index contributed by atoms with van der Waals surface area (Å²) < 4.78 is 32.9. The van der Waals surface area contributed by atoms with Crippen molar-refractivity contribution < 1.29 is 18.0 Å². The van der Waals surface area contributed by atoms with Gasteiger partial charge in [0, 0.05) is 12.6 Å². The van der Waals surface area contributed by atoms with Crippen molar-refractivity contribution in [3.63, 3.8) is 0 Å². The first-order valence-corrected chi connectivity index (χ1v) is 9.00. The molecule has 1 saturated carbocycles. The largest absolute Gasteiger partial charge is 0.396 e. The summed E-state index contributed by atoms with van der Waals surface area (Å²) in [6, 6.07) is -0.228. The number of aliphatic hydroxyl groups is 1. The molecule has 1 fully saturated rings. The molecule has 6 nitrogen and oxygen atoms in total. The molecule has 1 aliphatic carbocycles. The maximum Gasteiger partial charge on any atom is 0.246 e. The van der Waals surface area contributed by atoms with E-state index in [9.17, 15) is 13.5 Å². The molecule has 0 amide bonds. The van der Waals surface area contributed by atoms with Crippen LogP contribution in [0.15, 0.2) is 9.42 Å². The smallest absolute Gasteiger partial charge is 0.246 e. The van der Waals surface area contributed by atoms with Crippen LogP contribution in [-0.4, -0.2) is 31.3 Å². The van der Waals surface area contributed by atoms with Gasteiger partial charge in [-0.2, -0.15) is 0 Å². The number of nitrogens with zero attached hydrogens (tertiary/aromatic N) is 1. The number of aryl methyl sites for hydroxylation is 2. The fourth-order valence-corrected chi connectivity index (χ4v) is 4.85. The van der Waals surface area contributed by atoms with E-state index in [1.54, 1.807) is 13.8 Å². The van der Waals surface area contributed by atoms with E-state index in [4.69, 9.17) is 4.52 Å². The number of nitrogens with one attached hydrogen (secondary N) is 1. The maximum absolute atomic E-state index is 12.6. The van der Waals surface area contributed by atoms with Gasteiger partial charge in [0.25, 0.3) is 0 Å². The molecule has 2 rings (SSSR count). The topological polar surface area (TPSA) is 92.4 Å². The van der Waals surface area contributed by atoms with Gasteiger partial charge < -0.3 is 9.63 Å². The number of aromatic nitrogens is 1. The fourth-order valence-electron chi connectivity index (χ4n) is 3.18. The summed E-state index contributed by atoms with van der Waals surface area (Å²) in [5.41, 5.74) is 0.367. The Hall–Kier alpha value is -0.920. The highest BCUT2D eigenvalue weighted by molar-refractivity contribution is 7.89. The summed E-state index contributed by atoms with van der Waals surface area (Å²) in [6.07, 6.45) is 5.91. The van der Waals surface area contributed by atoms with Gasteiger partial charge in [0.05, 0.1) is 0 Å². The van der Waals surface area contributed by atoms with E-state index in [0.717, 1.165) is 25.7 Å². The SMILES string of the molecule is Cc1noc(C)c1S(=O)(=O)NC(CCO)C1CCCCC1. The van der Waals surface area contributed by atoms with Crippen molar-refractivity contribution in [1.82, 2.24) is 9.88 Å². The molecular weight excluding hydrogens is 292 g/mol. The lowest BCUT2D eigenvalue weighted by Gasteiger charge is -2.30. The van der Waals surface area contributed by atoms with Crippen molar-refractivity contribution in [1.29, 1.82) is 0 Å². The number of hydrogen-bond donors (Lipinski definition) is 2. The quantitative estimate of drug-likeness (QED) is 0.836. The van der Waals surface area contributed by atoms with Crippen molar-refractivity contribution in [3.05, 3.63) is 11.5 Å². The van der Waals surface area contributed by atoms with Crippen molar-refractivity contribution in [2.24, 2.45) is 5.92 Å². The van der Waals surface area contributed by atoms with Crippen LogP contribution in [0.4, 0.5) is 0 Å². The average molecular weight is 316 g/mol. The molecule has 0 aromatic carbocycles. The molecule has 0 saturated heterocycles. The number of hydrogen-bond acceptors (Lipinski definition) is 5. The maximum atomic E-state index is 12.6. The average Bonchev–Trinajstić information content (AvgIpc) is 2.79. The second-order valence-corrected chi connectivity index (χ2v) is 7.44. The molecule has 0 radical (unpaired) electrons. The molecule has 1 heterocycles. The lowest BCUT2D eigenvalue weighted by atomic mass is 9.83. The minimum atomic E-state index is -3.67. The molecule has 1 aliphatic rings. The number of rotatable bonds is 6. The lowest BCUT2D eigenvalue weighted by Crippen LogP contribution is -2.41. The Morgan fingerprint density at radius 1 is 1.33 bits per heavy atom. The summed E-state index contributed by atoms with van der Waals surface area (Å²) in [7, 11) is -3.67. The predicted octanol–water partition coefficient (Wildman–Crippen LogP) is 1.90. The van der Waals surface area contributed by atoms with Crippen molar-refractivity contribution >= 4 is 10.0 Å². The summed E-state index contributed by atoms with van der Waals surface area (Å²) >= 11 is 0. The molecule has 0 spiro atoms. The normalized spacial score (nSPS) is 18.8. The molecule has 1 atom stereocenters. The fraction of sp³-hybridized carbons (Fsp3) is 0.786. The van der Waals surface area contributed by atoms with Crippen LogP contribution in [0.2, 0.25) is 0 Å². The van der Waals surface area contributed by atoms with Gasteiger partial charge in [0.15, 0.2) is 5.76 Å².